The number of aromatic hydroxyl groups is 1. The van der Waals surface area contributed by atoms with Gasteiger partial charge in [-0.25, -0.2) is 0 Å². The van der Waals surface area contributed by atoms with Gasteiger partial charge in [-0.3, -0.25) is 9.88 Å². The maximum atomic E-state index is 10.4. The molecule has 0 aliphatic carbocycles. The van der Waals surface area contributed by atoms with Gasteiger partial charge in [-0.05, 0) is 83.8 Å². The molecule has 3 saturated heterocycles. The summed E-state index contributed by atoms with van der Waals surface area (Å²) < 4.78 is 7.07. The number of nitrogens with zero attached hydrogens (tertiary/aromatic N) is 2. The van der Waals surface area contributed by atoms with Gasteiger partial charge < -0.3 is 9.84 Å². The van der Waals surface area contributed by atoms with Gasteiger partial charge in [-0.2, -0.15) is 0 Å². The van der Waals surface area contributed by atoms with E-state index >= 15 is 0 Å². The Hall–Kier alpha value is -2.95. The lowest BCUT2D eigenvalue weighted by atomic mass is 9.64. The quantitative estimate of drug-likeness (QED) is 0.303. The fourth-order valence-electron chi connectivity index (χ4n) is 7.14. The zero-order valence-electron chi connectivity index (χ0n) is 21.4. The monoisotopic (exact) mass is 480 g/mol. The van der Waals surface area contributed by atoms with Crippen molar-refractivity contribution in [2.75, 3.05) is 13.1 Å². The second-order valence-corrected chi connectivity index (χ2v) is 10.8. The summed E-state index contributed by atoms with van der Waals surface area (Å²) >= 11 is 0. The average Bonchev–Trinajstić information content (AvgIpc) is 2.93. The lowest BCUT2D eigenvalue weighted by Crippen LogP contribution is -2.64. The van der Waals surface area contributed by atoms with Crippen LogP contribution < -0.4 is 0 Å². The summed E-state index contributed by atoms with van der Waals surface area (Å²) in [4.78, 5) is 7.35. The Kier molecular flexibility index (Phi) is 6.18. The van der Waals surface area contributed by atoms with E-state index in [9.17, 15) is 5.11 Å². The Bertz CT molecular complexity index is 1380. The lowest BCUT2D eigenvalue weighted by molar-refractivity contribution is -0.151. The number of pyridine rings is 1. The maximum Gasteiger partial charge on any atom is 0.116 e. The third-order valence-electron chi connectivity index (χ3n) is 9.09. The van der Waals surface area contributed by atoms with Crippen molar-refractivity contribution in [1.29, 1.82) is 0 Å². The van der Waals surface area contributed by atoms with Gasteiger partial charge in [-0.15, -0.1) is 0 Å². The maximum absolute atomic E-state index is 10.4. The van der Waals surface area contributed by atoms with E-state index in [1.165, 1.54) is 29.2 Å². The van der Waals surface area contributed by atoms with Gasteiger partial charge in [0, 0.05) is 18.1 Å². The number of benzene rings is 3. The smallest absolute Gasteiger partial charge is 0.116 e. The van der Waals surface area contributed by atoms with Crippen LogP contribution >= 0.6 is 0 Å². The molecule has 4 heterocycles. The van der Waals surface area contributed by atoms with Crippen LogP contribution in [0.4, 0.5) is 0 Å². The van der Waals surface area contributed by atoms with Crippen molar-refractivity contribution < 1.29 is 9.84 Å². The molecular weight excluding hydrogens is 444 g/mol. The average molecular weight is 481 g/mol. The molecule has 0 radical (unpaired) electrons. The molecular formula is C32H36N2O2. The predicted octanol–water partition coefficient (Wildman–Crippen LogP) is 7.25. The van der Waals surface area contributed by atoms with Crippen LogP contribution in [0.15, 0.2) is 72.9 Å². The van der Waals surface area contributed by atoms with Crippen molar-refractivity contribution in [2.45, 2.75) is 57.8 Å². The van der Waals surface area contributed by atoms with Gasteiger partial charge in [0.05, 0.1) is 17.7 Å². The van der Waals surface area contributed by atoms with Gasteiger partial charge >= 0.3 is 0 Å². The highest BCUT2D eigenvalue weighted by molar-refractivity contribution is 5.86. The van der Waals surface area contributed by atoms with Crippen molar-refractivity contribution in [3.8, 4) is 5.75 Å². The first-order chi connectivity index (χ1) is 17.6. The minimum Gasteiger partial charge on any atom is -0.508 e. The van der Waals surface area contributed by atoms with Crippen LogP contribution in [0.3, 0.4) is 0 Å². The molecule has 4 heteroatoms. The van der Waals surface area contributed by atoms with E-state index in [0.29, 0.717) is 6.61 Å². The summed E-state index contributed by atoms with van der Waals surface area (Å²) in [5.41, 5.74) is 3.18. The Labute approximate surface area is 213 Å². The molecule has 186 valence electrons. The summed E-state index contributed by atoms with van der Waals surface area (Å²) in [5.74, 6) is 1.78. The van der Waals surface area contributed by atoms with Crippen LogP contribution in [-0.4, -0.2) is 33.6 Å². The number of hydrogen-bond donors (Lipinski definition) is 1. The number of rotatable bonds is 7. The molecule has 7 rings (SSSR count). The molecule has 0 amide bonds. The van der Waals surface area contributed by atoms with E-state index in [1.807, 2.05) is 18.3 Å². The molecule has 3 aliphatic rings. The second kappa shape index (κ2) is 9.49. The van der Waals surface area contributed by atoms with Crippen molar-refractivity contribution in [3.05, 3.63) is 84.1 Å². The molecule has 1 aromatic heterocycles. The minimum atomic E-state index is -0.116. The van der Waals surface area contributed by atoms with E-state index in [1.54, 1.807) is 6.07 Å². The summed E-state index contributed by atoms with van der Waals surface area (Å²) in [6.45, 7) is 7.51. The molecule has 3 aliphatic heterocycles. The molecule has 2 bridgehead atoms. The summed E-state index contributed by atoms with van der Waals surface area (Å²) in [7, 11) is 0. The van der Waals surface area contributed by atoms with Gasteiger partial charge in [0.15, 0.2) is 0 Å². The number of aromatic nitrogens is 1. The van der Waals surface area contributed by atoms with Crippen LogP contribution in [0.25, 0.3) is 21.7 Å². The molecule has 0 saturated carbocycles. The van der Waals surface area contributed by atoms with E-state index in [2.05, 4.69) is 72.3 Å². The Morgan fingerprint density at radius 2 is 1.92 bits per heavy atom. The zero-order valence-corrected chi connectivity index (χ0v) is 21.4. The largest absolute Gasteiger partial charge is 0.508 e. The highest BCUT2D eigenvalue weighted by atomic mass is 16.5. The molecule has 5 atom stereocenters. The third-order valence-corrected chi connectivity index (χ3v) is 9.09. The topological polar surface area (TPSA) is 45.6 Å². The van der Waals surface area contributed by atoms with Crippen LogP contribution in [0, 0.1) is 11.8 Å². The minimum absolute atomic E-state index is 0.0705. The molecule has 4 nitrogen and oxygen atoms in total. The Morgan fingerprint density at radius 1 is 1.06 bits per heavy atom. The first-order valence-electron chi connectivity index (χ1n) is 13.5. The highest BCUT2D eigenvalue weighted by Crippen LogP contribution is 2.52. The normalized spacial score (nSPS) is 26.4. The number of phenolic OH excluding ortho intramolecular Hbond substituents is 1. The van der Waals surface area contributed by atoms with E-state index in [4.69, 9.17) is 4.74 Å². The molecule has 5 unspecified atom stereocenters. The van der Waals surface area contributed by atoms with Crippen LogP contribution in [-0.2, 0) is 11.3 Å². The molecule has 3 fully saturated rings. The first kappa shape index (κ1) is 23.4. The Morgan fingerprint density at radius 3 is 2.72 bits per heavy atom. The zero-order chi connectivity index (χ0) is 24.7. The summed E-state index contributed by atoms with van der Waals surface area (Å²) in [6.07, 6.45) is 6.50. The van der Waals surface area contributed by atoms with Crippen molar-refractivity contribution in [3.63, 3.8) is 0 Å². The number of ether oxygens (including phenoxy) is 1. The molecule has 0 spiro atoms. The van der Waals surface area contributed by atoms with Gasteiger partial charge in [0.2, 0.25) is 0 Å². The molecule has 36 heavy (non-hydrogen) atoms. The van der Waals surface area contributed by atoms with Gasteiger partial charge in [0.25, 0.3) is 0 Å². The summed E-state index contributed by atoms with van der Waals surface area (Å²) in [5, 5.41) is 13.9. The SMILES string of the molecule is CCC1CN2CCC1CC2(CC)C(OCc1cccc2ccccc12)c1ccnc2ccc(O)cc12. The number of piperidine rings is 3. The number of fused-ring (bicyclic) bond motifs is 5. The van der Waals surface area contributed by atoms with Crippen LogP contribution in [0.5, 0.6) is 5.75 Å². The second-order valence-electron chi connectivity index (χ2n) is 10.8. The van der Waals surface area contributed by atoms with E-state index in [0.717, 1.165) is 54.2 Å². The number of phenols is 1. The standard InChI is InChI=1S/C32H36N2O2/c1-3-22-20-34-17-15-24(22)19-32(34,4-2)31(28-14-16-33-30-13-12-26(35)18-29(28)30)36-21-25-10-7-9-23-8-5-6-11-27(23)25/h5-14,16,18,22,24,31,35H,3-4,15,17,19-21H2,1-2H3. The van der Waals surface area contributed by atoms with Gasteiger partial charge in [0.1, 0.15) is 11.9 Å². The fourth-order valence-corrected chi connectivity index (χ4v) is 7.14. The lowest BCUT2D eigenvalue weighted by Gasteiger charge is -2.60. The van der Waals surface area contributed by atoms with Crippen molar-refractivity contribution in [2.24, 2.45) is 11.8 Å². The third kappa shape index (κ3) is 3.88. The van der Waals surface area contributed by atoms with Gasteiger partial charge in [-0.1, -0.05) is 62.7 Å². The van der Waals surface area contributed by atoms with Crippen LogP contribution in [0.1, 0.15) is 56.8 Å². The fraction of sp³-hybridized carbons (Fsp3) is 0.406. The molecule has 4 aromatic rings. The molecule has 3 aromatic carbocycles. The Balaban J connectivity index is 1.46. The van der Waals surface area contributed by atoms with E-state index in [-0.39, 0.29) is 17.4 Å². The summed E-state index contributed by atoms with van der Waals surface area (Å²) in [6, 6.07) is 22.6. The molecule has 1 N–H and O–H groups in total. The van der Waals surface area contributed by atoms with Crippen molar-refractivity contribution in [1.82, 2.24) is 9.88 Å². The highest BCUT2D eigenvalue weighted by Gasteiger charge is 2.53. The predicted molar refractivity (Wildman–Crippen MR) is 146 cm³/mol. The van der Waals surface area contributed by atoms with E-state index < -0.39 is 0 Å². The number of hydrogen-bond acceptors (Lipinski definition) is 4. The van der Waals surface area contributed by atoms with Crippen molar-refractivity contribution >= 4 is 21.7 Å². The first-order valence-corrected chi connectivity index (χ1v) is 13.5. The van der Waals surface area contributed by atoms with Crippen LogP contribution in [0.2, 0.25) is 0 Å².